The number of rotatable bonds is 4. The highest BCUT2D eigenvalue weighted by Crippen LogP contribution is 2.30. The van der Waals surface area contributed by atoms with Crippen LogP contribution in [0.1, 0.15) is 20.3 Å². The Kier molecular flexibility index (Phi) is 3.39. The molecule has 1 atom stereocenters. The Labute approximate surface area is 107 Å². The first-order valence-corrected chi connectivity index (χ1v) is 6.11. The van der Waals surface area contributed by atoms with Gasteiger partial charge >= 0.3 is 0 Å². The van der Waals surface area contributed by atoms with E-state index >= 15 is 0 Å². The zero-order valence-electron chi connectivity index (χ0n) is 10.8. The molecule has 0 saturated heterocycles. The summed E-state index contributed by atoms with van der Waals surface area (Å²) in [6.07, 6.45) is 4.34. The van der Waals surface area contributed by atoms with E-state index in [0.717, 1.165) is 22.9 Å². The molecule has 2 aromatic rings. The van der Waals surface area contributed by atoms with Gasteiger partial charge < -0.3 is 16.2 Å². The molecule has 4 heteroatoms. The van der Waals surface area contributed by atoms with E-state index < -0.39 is 0 Å². The molecule has 0 fully saturated rings. The Morgan fingerprint density at radius 2 is 2.11 bits per heavy atom. The zero-order chi connectivity index (χ0) is 13.2. The average molecular weight is 245 g/mol. The number of aliphatic hydroxyl groups excluding tert-OH is 1. The van der Waals surface area contributed by atoms with Crippen molar-refractivity contribution in [1.29, 1.82) is 0 Å². The van der Waals surface area contributed by atoms with Crippen molar-refractivity contribution in [2.75, 3.05) is 17.7 Å². The summed E-state index contributed by atoms with van der Waals surface area (Å²) in [4.78, 5) is 4.09. The lowest BCUT2D eigenvalue weighted by molar-refractivity contribution is 0.219. The topological polar surface area (TPSA) is 71.2 Å². The standard InChI is InChI=1S/C14H19N3O/c1-3-14(2,9-18)17-13-5-4-12(15)11-8-16-7-6-10(11)13/h4-8,17-18H,3,9,15H2,1-2H3. The molecule has 2 rings (SSSR count). The first-order chi connectivity index (χ1) is 8.59. The van der Waals surface area contributed by atoms with Crippen molar-refractivity contribution < 1.29 is 5.11 Å². The molecule has 0 aliphatic rings. The Bertz CT molecular complexity index is 550. The highest BCUT2D eigenvalue weighted by molar-refractivity contribution is 6.00. The second-order valence-corrected chi connectivity index (χ2v) is 4.82. The smallest absolute Gasteiger partial charge is 0.0658 e. The van der Waals surface area contributed by atoms with Crippen LogP contribution in [-0.4, -0.2) is 22.2 Å². The number of benzene rings is 1. The molecule has 1 aromatic heterocycles. The Hall–Kier alpha value is -1.81. The van der Waals surface area contributed by atoms with Crippen LogP contribution in [0.4, 0.5) is 11.4 Å². The van der Waals surface area contributed by atoms with Crippen LogP contribution < -0.4 is 11.1 Å². The van der Waals surface area contributed by atoms with Crippen molar-refractivity contribution in [2.24, 2.45) is 0 Å². The molecule has 0 saturated carbocycles. The highest BCUT2D eigenvalue weighted by Gasteiger charge is 2.21. The molecular weight excluding hydrogens is 226 g/mol. The summed E-state index contributed by atoms with van der Waals surface area (Å²) in [5, 5.41) is 14.8. The molecule has 0 spiro atoms. The number of nitrogens with two attached hydrogens (primary N) is 1. The van der Waals surface area contributed by atoms with Gasteiger partial charge in [0.25, 0.3) is 0 Å². The molecule has 18 heavy (non-hydrogen) atoms. The van der Waals surface area contributed by atoms with Crippen LogP contribution in [0.25, 0.3) is 10.8 Å². The lowest BCUT2D eigenvalue weighted by Crippen LogP contribution is -2.38. The number of nitrogens with one attached hydrogen (secondary N) is 1. The van der Waals surface area contributed by atoms with Crippen molar-refractivity contribution in [3.8, 4) is 0 Å². The lowest BCUT2D eigenvalue weighted by atomic mass is 9.98. The fourth-order valence-corrected chi connectivity index (χ4v) is 1.89. The molecule has 4 N–H and O–H groups in total. The minimum absolute atomic E-state index is 0.0838. The van der Waals surface area contributed by atoms with Gasteiger partial charge in [0, 0.05) is 34.5 Å². The lowest BCUT2D eigenvalue weighted by Gasteiger charge is -2.29. The van der Waals surface area contributed by atoms with E-state index in [9.17, 15) is 5.11 Å². The van der Waals surface area contributed by atoms with Crippen molar-refractivity contribution in [2.45, 2.75) is 25.8 Å². The first-order valence-electron chi connectivity index (χ1n) is 6.11. The fourth-order valence-electron chi connectivity index (χ4n) is 1.89. The number of fused-ring (bicyclic) bond motifs is 1. The summed E-state index contributed by atoms with van der Waals surface area (Å²) < 4.78 is 0. The summed E-state index contributed by atoms with van der Waals surface area (Å²) in [5.74, 6) is 0. The van der Waals surface area contributed by atoms with Crippen LogP contribution in [0.15, 0.2) is 30.6 Å². The van der Waals surface area contributed by atoms with E-state index in [0.29, 0.717) is 5.69 Å². The zero-order valence-corrected chi connectivity index (χ0v) is 10.8. The van der Waals surface area contributed by atoms with Crippen molar-refractivity contribution in [3.05, 3.63) is 30.6 Å². The summed E-state index contributed by atoms with van der Waals surface area (Å²) in [5.41, 5.74) is 7.30. The van der Waals surface area contributed by atoms with Gasteiger partial charge in [-0.05, 0) is 31.5 Å². The van der Waals surface area contributed by atoms with Gasteiger partial charge in [0.15, 0.2) is 0 Å². The summed E-state index contributed by atoms with van der Waals surface area (Å²) in [6.45, 7) is 4.13. The summed E-state index contributed by atoms with van der Waals surface area (Å²) in [7, 11) is 0. The number of nitrogen functional groups attached to an aromatic ring is 1. The van der Waals surface area contributed by atoms with Crippen molar-refractivity contribution >= 4 is 22.1 Å². The minimum atomic E-state index is -0.327. The SMILES string of the molecule is CCC(C)(CO)Nc1ccc(N)c2cnccc12. The molecule has 1 unspecified atom stereocenters. The van der Waals surface area contributed by atoms with Gasteiger partial charge in [0.05, 0.1) is 12.1 Å². The Morgan fingerprint density at radius 3 is 2.78 bits per heavy atom. The quantitative estimate of drug-likeness (QED) is 0.723. The van der Waals surface area contributed by atoms with E-state index in [2.05, 4.69) is 10.3 Å². The van der Waals surface area contributed by atoms with Gasteiger partial charge in [-0.25, -0.2) is 0 Å². The van der Waals surface area contributed by atoms with Crippen molar-refractivity contribution in [3.63, 3.8) is 0 Å². The molecular formula is C14H19N3O. The summed E-state index contributed by atoms with van der Waals surface area (Å²) in [6, 6.07) is 5.74. The van der Waals surface area contributed by atoms with Crippen LogP contribution in [-0.2, 0) is 0 Å². The second kappa shape index (κ2) is 4.82. The number of nitrogens with zero attached hydrogens (tertiary/aromatic N) is 1. The van der Waals surface area contributed by atoms with E-state index in [1.54, 1.807) is 12.4 Å². The summed E-state index contributed by atoms with van der Waals surface area (Å²) >= 11 is 0. The maximum Gasteiger partial charge on any atom is 0.0658 e. The van der Waals surface area contributed by atoms with Gasteiger partial charge in [-0.1, -0.05) is 6.92 Å². The third-order valence-corrected chi connectivity index (χ3v) is 3.42. The molecule has 96 valence electrons. The third-order valence-electron chi connectivity index (χ3n) is 3.42. The molecule has 0 amide bonds. The number of hydrogen-bond acceptors (Lipinski definition) is 4. The van der Waals surface area contributed by atoms with Gasteiger partial charge in [0.1, 0.15) is 0 Å². The van der Waals surface area contributed by atoms with Crippen LogP contribution >= 0.6 is 0 Å². The van der Waals surface area contributed by atoms with Crippen molar-refractivity contribution in [1.82, 2.24) is 4.98 Å². The average Bonchev–Trinajstić information content (AvgIpc) is 2.42. The first kappa shape index (κ1) is 12.6. The van der Waals surface area contributed by atoms with Gasteiger partial charge in [-0.3, -0.25) is 4.98 Å². The predicted octanol–water partition coefficient (Wildman–Crippen LogP) is 2.39. The van der Waals surface area contributed by atoms with E-state index in [-0.39, 0.29) is 12.1 Å². The van der Waals surface area contributed by atoms with Crippen LogP contribution in [0.3, 0.4) is 0 Å². The molecule has 0 aliphatic heterocycles. The van der Waals surface area contributed by atoms with E-state index in [1.807, 2.05) is 32.0 Å². The van der Waals surface area contributed by atoms with E-state index in [4.69, 9.17) is 5.73 Å². The second-order valence-electron chi connectivity index (χ2n) is 4.82. The largest absolute Gasteiger partial charge is 0.398 e. The molecule has 0 radical (unpaired) electrons. The molecule has 4 nitrogen and oxygen atoms in total. The maximum absolute atomic E-state index is 9.47. The number of hydrogen-bond donors (Lipinski definition) is 3. The van der Waals surface area contributed by atoms with Gasteiger partial charge in [-0.15, -0.1) is 0 Å². The normalized spacial score (nSPS) is 14.4. The molecule has 0 aliphatic carbocycles. The molecule has 0 bridgehead atoms. The number of pyridine rings is 1. The molecule has 1 aromatic carbocycles. The van der Waals surface area contributed by atoms with Gasteiger partial charge in [0.2, 0.25) is 0 Å². The number of aromatic nitrogens is 1. The number of aliphatic hydroxyl groups is 1. The Morgan fingerprint density at radius 1 is 1.33 bits per heavy atom. The Balaban J connectivity index is 2.49. The van der Waals surface area contributed by atoms with Crippen LogP contribution in [0.5, 0.6) is 0 Å². The van der Waals surface area contributed by atoms with Crippen LogP contribution in [0.2, 0.25) is 0 Å². The van der Waals surface area contributed by atoms with Gasteiger partial charge in [-0.2, -0.15) is 0 Å². The monoisotopic (exact) mass is 245 g/mol. The number of anilines is 2. The predicted molar refractivity (Wildman–Crippen MR) is 75.6 cm³/mol. The van der Waals surface area contributed by atoms with Crippen LogP contribution in [0, 0.1) is 0 Å². The van der Waals surface area contributed by atoms with E-state index in [1.165, 1.54) is 0 Å². The fraction of sp³-hybridized carbons (Fsp3) is 0.357. The maximum atomic E-state index is 9.47. The molecule has 1 heterocycles. The highest BCUT2D eigenvalue weighted by atomic mass is 16.3. The third kappa shape index (κ3) is 2.24. The minimum Gasteiger partial charge on any atom is -0.398 e.